The Bertz CT molecular complexity index is 492. The molecule has 0 atom stereocenters. The van der Waals surface area contributed by atoms with Gasteiger partial charge >= 0.3 is 6.18 Å². The lowest BCUT2D eigenvalue weighted by Crippen LogP contribution is -2.22. The highest BCUT2D eigenvalue weighted by molar-refractivity contribution is 6.31. The predicted molar refractivity (Wildman–Crippen MR) is 82.1 cm³/mol. The third kappa shape index (κ3) is 6.66. The minimum atomic E-state index is -4.54. The maximum Gasteiger partial charge on any atom is 0.417 e. The number of carbonyl (C=O) groups is 1. The summed E-state index contributed by atoms with van der Waals surface area (Å²) >= 11 is 5.52. The Labute approximate surface area is 133 Å². The van der Waals surface area contributed by atoms with Crippen LogP contribution in [-0.4, -0.2) is 19.0 Å². The largest absolute Gasteiger partial charge is 0.417 e. The number of carbonyl (C=O) groups excluding carboxylic acids is 1. The van der Waals surface area contributed by atoms with Crippen molar-refractivity contribution in [3.05, 3.63) is 28.8 Å². The Morgan fingerprint density at radius 2 is 1.95 bits per heavy atom. The summed E-state index contributed by atoms with van der Waals surface area (Å²) in [7, 11) is 0. The van der Waals surface area contributed by atoms with Crippen LogP contribution in [0.1, 0.15) is 38.2 Å². The Morgan fingerprint density at radius 1 is 1.23 bits per heavy atom. The number of halogens is 4. The zero-order chi connectivity index (χ0) is 16.6. The van der Waals surface area contributed by atoms with Gasteiger partial charge in [-0.3, -0.25) is 4.79 Å². The molecule has 0 heterocycles. The van der Waals surface area contributed by atoms with E-state index in [0.29, 0.717) is 6.54 Å². The van der Waals surface area contributed by atoms with Gasteiger partial charge in [0.05, 0.1) is 10.6 Å². The molecule has 124 valence electrons. The first-order valence-corrected chi connectivity index (χ1v) is 7.59. The molecule has 0 unspecified atom stereocenters. The summed E-state index contributed by atoms with van der Waals surface area (Å²) in [6, 6.07) is 3.32. The van der Waals surface area contributed by atoms with E-state index in [4.69, 9.17) is 11.6 Å². The van der Waals surface area contributed by atoms with Gasteiger partial charge in [0.25, 0.3) is 0 Å². The average molecular weight is 337 g/mol. The van der Waals surface area contributed by atoms with E-state index in [1.807, 2.05) is 0 Å². The molecule has 0 aliphatic rings. The minimum absolute atomic E-state index is 0.0905. The lowest BCUT2D eigenvalue weighted by Gasteiger charge is -2.12. The van der Waals surface area contributed by atoms with Gasteiger partial charge in [-0.05, 0) is 31.2 Å². The summed E-state index contributed by atoms with van der Waals surface area (Å²) in [6.07, 6.45) is -1.04. The first-order chi connectivity index (χ1) is 10.3. The van der Waals surface area contributed by atoms with Crippen molar-refractivity contribution in [2.45, 2.75) is 38.8 Å². The maximum absolute atomic E-state index is 12.7. The van der Waals surface area contributed by atoms with Crippen molar-refractivity contribution < 1.29 is 18.0 Å². The van der Waals surface area contributed by atoms with Crippen molar-refractivity contribution >= 4 is 23.2 Å². The number of amides is 1. The number of nitrogens with one attached hydrogen (secondary N) is 2. The third-order valence-electron chi connectivity index (χ3n) is 3.04. The van der Waals surface area contributed by atoms with Crippen molar-refractivity contribution in [2.24, 2.45) is 0 Å². The standard InChI is InChI=1S/C15H20ClF3N2O/c1-2-3-4-8-20-9-7-14(22)21-11-5-6-13(16)12(10-11)15(17,18)19/h5-6,10,20H,2-4,7-9H2,1H3,(H,21,22). The second-order valence-electron chi connectivity index (χ2n) is 4.95. The van der Waals surface area contributed by atoms with Crippen molar-refractivity contribution in [2.75, 3.05) is 18.4 Å². The van der Waals surface area contributed by atoms with Gasteiger partial charge in [0.15, 0.2) is 0 Å². The molecule has 1 aromatic rings. The smallest absolute Gasteiger partial charge is 0.326 e. The molecule has 22 heavy (non-hydrogen) atoms. The molecule has 0 bridgehead atoms. The van der Waals surface area contributed by atoms with E-state index in [9.17, 15) is 18.0 Å². The molecular weight excluding hydrogens is 317 g/mol. The Balaban J connectivity index is 2.45. The highest BCUT2D eigenvalue weighted by Crippen LogP contribution is 2.36. The van der Waals surface area contributed by atoms with Gasteiger partial charge in [-0.1, -0.05) is 31.4 Å². The highest BCUT2D eigenvalue weighted by Gasteiger charge is 2.33. The summed E-state index contributed by atoms with van der Waals surface area (Å²) in [5.41, 5.74) is -0.864. The van der Waals surface area contributed by atoms with E-state index >= 15 is 0 Å². The minimum Gasteiger partial charge on any atom is -0.326 e. The van der Waals surface area contributed by atoms with Crippen LogP contribution in [0.25, 0.3) is 0 Å². The lowest BCUT2D eigenvalue weighted by atomic mass is 10.2. The summed E-state index contributed by atoms with van der Waals surface area (Å²) < 4.78 is 38.1. The Kier molecular flexibility index (Phi) is 7.68. The van der Waals surface area contributed by atoms with E-state index in [2.05, 4.69) is 17.6 Å². The van der Waals surface area contributed by atoms with E-state index in [1.54, 1.807) is 0 Å². The highest BCUT2D eigenvalue weighted by atomic mass is 35.5. The van der Waals surface area contributed by atoms with Crippen LogP contribution in [0.4, 0.5) is 18.9 Å². The summed E-state index contributed by atoms with van der Waals surface area (Å²) in [5, 5.41) is 5.18. The van der Waals surface area contributed by atoms with Crippen molar-refractivity contribution in [1.82, 2.24) is 5.32 Å². The molecule has 1 amide bonds. The Morgan fingerprint density at radius 3 is 2.59 bits per heavy atom. The fourth-order valence-electron chi connectivity index (χ4n) is 1.87. The van der Waals surface area contributed by atoms with E-state index in [0.717, 1.165) is 37.9 Å². The summed E-state index contributed by atoms with van der Waals surface area (Å²) in [5.74, 6) is -0.335. The zero-order valence-electron chi connectivity index (χ0n) is 12.4. The van der Waals surface area contributed by atoms with Crippen LogP contribution in [0.5, 0.6) is 0 Å². The van der Waals surface area contributed by atoms with E-state index < -0.39 is 11.7 Å². The Hall–Kier alpha value is -1.27. The van der Waals surface area contributed by atoms with Crippen molar-refractivity contribution in [1.29, 1.82) is 0 Å². The number of hydrogen-bond donors (Lipinski definition) is 2. The number of anilines is 1. The lowest BCUT2D eigenvalue weighted by molar-refractivity contribution is -0.137. The molecule has 0 saturated heterocycles. The monoisotopic (exact) mass is 336 g/mol. The molecule has 0 radical (unpaired) electrons. The first-order valence-electron chi connectivity index (χ1n) is 7.22. The molecule has 7 heteroatoms. The van der Waals surface area contributed by atoms with Crippen molar-refractivity contribution in [3.8, 4) is 0 Å². The topological polar surface area (TPSA) is 41.1 Å². The van der Waals surface area contributed by atoms with Crippen LogP contribution in [-0.2, 0) is 11.0 Å². The molecule has 0 aliphatic carbocycles. The zero-order valence-corrected chi connectivity index (χ0v) is 13.2. The molecule has 3 nitrogen and oxygen atoms in total. The van der Waals surface area contributed by atoms with Crippen molar-refractivity contribution in [3.63, 3.8) is 0 Å². The van der Waals surface area contributed by atoms with Crippen LogP contribution in [0.15, 0.2) is 18.2 Å². The number of alkyl halides is 3. The molecule has 0 fully saturated rings. The second-order valence-corrected chi connectivity index (χ2v) is 5.35. The molecule has 1 aromatic carbocycles. The summed E-state index contributed by atoms with van der Waals surface area (Å²) in [4.78, 5) is 11.7. The molecule has 0 saturated carbocycles. The van der Waals surface area contributed by atoms with Gasteiger partial charge in [0, 0.05) is 18.7 Å². The molecular formula is C15H20ClF3N2O. The van der Waals surface area contributed by atoms with Gasteiger partial charge in [-0.2, -0.15) is 13.2 Å². The normalized spacial score (nSPS) is 11.5. The van der Waals surface area contributed by atoms with Crippen LogP contribution < -0.4 is 10.6 Å². The molecule has 2 N–H and O–H groups in total. The fourth-order valence-corrected chi connectivity index (χ4v) is 2.10. The van der Waals surface area contributed by atoms with Crippen LogP contribution in [0.2, 0.25) is 5.02 Å². The van der Waals surface area contributed by atoms with Gasteiger partial charge < -0.3 is 10.6 Å². The molecule has 0 aromatic heterocycles. The number of benzene rings is 1. The average Bonchev–Trinajstić information content (AvgIpc) is 2.43. The van der Waals surface area contributed by atoms with Crippen LogP contribution in [0.3, 0.4) is 0 Å². The van der Waals surface area contributed by atoms with Gasteiger partial charge in [0.2, 0.25) is 5.91 Å². The number of hydrogen-bond acceptors (Lipinski definition) is 2. The SMILES string of the molecule is CCCCCNCCC(=O)Nc1ccc(Cl)c(C(F)(F)F)c1. The van der Waals surface area contributed by atoms with Gasteiger partial charge in [-0.25, -0.2) is 0 Å². The number of rotatable bonds is 8. The number of unbranched alkanes of at least 4 members (excludes halogenated alkanes) is 2. The molecule has 0 aliphatic heterocycles. The third-order valence-corrected chi connectivity index (χ3v) is 3.37. The van der Waals surface area contributed by atoms with Gasteiger partial charge in [-0.15, -0.1) is 0 Å². The van der Waals surface area contributed by atoms with Crippen LogP contribution in [0, 0.1) is 0 Å². The first kappa shape index (κ1) is 18.8. The van der Waals surface area contributed by atoms with E-state index in [1.165, 1.54) is 6.07 Å². The maximum atomic E-state index is 12.7. The molecule has 0 spiro atoms. The van der Waals surface area contributed by atoms with E-state index in [-0.39, 0.29) is 23.0 Å². The summed E-state index contributed by atoms with van der Waals surface area (Å²) in [6.45, 7) is 3.43. The van der Waals surface area contributed by atoms with Crippen LogP contribution >= 0.6 is 11.6 Å². The fraction of sp³-hybridized carbons (Fsp3) is 0.533. The second kappa shape index (κ2) is 9.00. The molecule has 1 rings (SSSR count). The quantitative estimate of drug-likeness (QED) is 0.688. The predicted octanol–water partition coefficient (Wildman–Crippen LogP) is 4.47. The van der Waals surface area contributed by atoms with Gasteiger partial charge in [0.1, 0.15) is 0 Å².